The Hall–Kier alpha value is 0.00377. The van der Waals surface area contributed by atoms with Crippen molar-refractivity contribution in [3.8, 4) is 5.88 Å². The topological polar surface area (TPSA) is 88.9 Å². The molecule has 0 N–H and O–H groups in total. The predicted octanol–water partition coefficient (Wildman–Crippen LogP) is 4.68. The highest BCUT2D eigenvalue weighted by atomic mass is 127. The Morgan fingerprint density at radius 3 is 2.23 bits per heavy atom. The molecule has 0 aliphatic rings. The summed E-state index contributed by atoms with van der Waals surface area (Å²) in [6.07, 6.45) is 1.03. The maximum Gasteiger partial charge on any atom is 0.264 e. The Kier molecular flexibility index (Phi) is 10.7. The fourth-order valence-electron chi connectivity index (χ4n) is 2.17. The summed E-state index contributed by atoms with van der Waals surface area (Å²) < 4.78 is 48.0. The molecule has 12 heteroatoms. The third-order valence-corrected chi connectivity index (χ3v) is 13.1. The minimum atomic E-state index is -3.58. The molecular weight excluding hydrogens is 567 g/mol. The summed E-state index contributed by atoms with van der Waals surface area (Å²) in [5.41, 5.74) is 0.641. The van der Waals surface area contributed by atoms with Crippen molar-refractivity contribution in [3.05, 3.63) is 9.26 Å². The quantitative estimate of drug-likeness (QED) is 0.106. The predicted molar refractivity (Wildman–Crippen MR) is 137 cm³/mol. The molecule has 0 aliphatic heterocycles. The molecule has 0 spiro atoms. The summed E-state index contributed by atoms with van der Waals surface area (Å²) in [6, 6.07) is 1.06. The molecule has 1 heterocycles. The van der Waals surface area contributed by atoms with E-state index in [0.29, 0.717) is 34.9 Å². The van der Waals surface area contributed by atoms with Crippen LogP contribution in [0, 0.1) is 3.57 Å². The Balaban J connectivity index is 2.85. The maximum atomic E-state index is 11.5. The molecule has 0 amide bonds. The molecule has 8 nitrogen and oxygen atoms in total. The second kappa shape index (κ2) is 11.4. The van der Waals surface area contributed by atoms with Crippen LogP contribution in [-0.2, 0) is 36.6 Å². The summed E-state index contributed by atoms with van der Waals surface area (Å²) in [7, 11) is -6.63. The Bertz CT molecular complexity index is 817. The van der Waals surface area contributed by atoms with Crippen LogP contribution in [0.1, 0.15) is 26.5 Å². The molecule has 182 valence electrons. The van der Waals surface area contributed by atoms with E-state index in [0.717, 1.165) is 12.3 Å². The standard InChI is InChI=1S/C19H39IN2O6SSi2/c1-19(2,3)31(8,9)28-11-10-22-16(14-27-29(4,23)24)17(20)18(21-22)26-15-25-12-13-30(5,6)7/h10-15H2,1-9H3. The van der Waals surface area contributed by atoms with E-state index in [1.807, 2.05) is 0 Å². The van der Waals surface area contributed by atoms with Crippen LogP contribution < -0.4 is 4.74 Å². The SMILES string of the molecule is CC(C)(C)[Si](C)(C)OCCn1nc(OCOCC[Si](C)(C)C)c(I)c1COS(C)(=O)=O. The summed E-state index contributed by atoms with van der Waals surface area (Å²) in [5.74, 6) is 0.410. The average molecular weight is 607 g/mol. The van der Waals surface area contributed by atoms with Crippen LogP contribution in [0.15, 0.2) is 0 Å². The second-order valence-electron chi connectivity index (χ2n) is 10.3. The first-order valence-electron chi connectivity index (χ1n) is 10.4. The molecule has 0 fully saturated rings. The van der Waals surface area contributed by atoms with E-state index in [-0.39, 0.29) is 18.4 Å². The van der Waals surface area contributed by atoms with Gasteiger partial charge in [0.2, 0.25) is 5.88 Å². The van der Waals surface area contributed by atoms with Gasteiger partial charge in [-0.25, -0.2) is 0 Å². The van der Waals surface area contributed by atoms with Gasteiger partial charge in [-0.15, -0.1) is 5.10 Å². The minimum absolute atomic E-state index is 0.102. The van der Waals surface area contributed by atoms with Gasteiger partial charge < -0.3 is 13.9 Å². The van der Waals surface area contributed by atoms with Crippen LogP contribution in [0.3, 0.4) is 0 Å². The Morgan fingerprint density at radius 1 is 1.10 bits per heavy atom. The van der Waals surface area contributed by atoms with Gasteiger partial charge in [-0.05, 0) is 46.8 Å². The van der Waals surface area contributed by atoms with Crippen molar-refractivity contribution in [2.75, 3.05) is 26.3 Å². The molecule has 0 aromatic carbocycles. The molecule has 31 heavy (non-hydrogen) atoms. The van der Waals surface area contributed by atoms with Gasteiger partial charge in [0.1, 0.15) is 10.2 Å². The normalized spacial score (nSPS) is 13.6. The number of aromatic nitrogens is 2. The van der Waals surface area contributed by atoms with Gasteiger partial charge in [0.25, 0.3) is 10.1 Å². The molecule has 0 radical (unpaired) electrons. The van der Waals surface area contributed by atoms with E-state index in [1.165, 1.54) is 0 Å². The van der Waals surface area contributed by atoms with Gasteiger partial charge in [0.15, 0.2) is 15.1 Å². The number of halogens is 1. The van der Waals surface area contributed by atoms with Crippen LogP contribution in [0.5, 0.6) is 5.88 Å². The lowest BCUT2D eigenvalue weighted by atomic mass is 10.2. The number of rotatable bonds is 13. The summed E-state index contributed by atoms with van der Waals surface area (Å²) in [4.78, 5) is 0. The highest BCUT2D eigenvalue weighted by Gasteiger charge is 2.37. The third kappa shape index (κ3) is 10.6. The van der Waals surface area contributed by atoms with E-state index in [9.17, 15) is 8.42 Å². The molecular formula is C19H39IN2O6SSi2. The molecule has 0 atom stereocenters. The van der Waals surface area contributed by atoms with Crippen molar-refractivity contribution >= 4 is 49.1 Å². The van der Waals surface area contributed by atoms with Crippen molar-refractivity contribution in [1.82, 2.24) is 9.78 Å². The van der Waals surface area contributed by atoms with Crippen molar-refractivity contribution in [2.45, 2.75) is 77.7 Å². The van der Waals surface area contributed by atoms with Crippen LogP contribution >= 0.6 is 22.6 Å². The van der Waals surface area contributed by atoms with E-state index < -0.39 is 26.5 Å². The number of hydrogen-bond acceptors (Lipinski definition) is 7. The van der Waals surface area contributed by atoms with Gasteiger partial charge in [-0.1, -0.05) is 40.4 Å². The van der Waals surface area contributed by atoms with E-state index in [2.05, 4.69) is 81.2 Å². The highest BCUT2D eigenvalue weighted by Crippen LogP contribution is 2.36. The lowest BCUT2D eigenvalue weighted by molar-refractivity contribution is 0.0183. The van der Waals surface area contributed by atoms with E-state index >= 15 is 0 Å². The third-order valence-electron chi connectivity index (χ3n) is 5.22. The number of hydrogen-bond donors (Lipinski definition) is 0. The first-order valence-corrected chi connectivity index (χ1v) is 19.9. The van der Waals surface area contributed by atoms with Crippen LogP contribution in [0.2, 0.25) is 43.8 Å². The zero-order valence-electron chi connectivity index (χ0n) is 20.4. The molecule has 0 bridgehead atoms. The molecule has 1 aromatic heterocycles. The monoisotopic (exact) mass is 606 g/mol. The molecule has 0 saturated carbocycles. The Morgan fingerprint density at radius 2 is 1.71 bits per heavy atom. The lowest BCUT2D eigenvalue weighted by Crippen LogP contribution is -2.41. The van der Waals surface area contributed by atoms with Crippen molar-refractivity contribution in [3.63, 3.8) is 0 Å². The Labute approximate surface area is 203 Å². The van der Waals surface area contributed by atoms with Crippen LogP contribution in [-0.4, -0.2) is 60.9 Å². The van der Waals surface area contributed by atoms with E-state index in [4.69, 9.17) is 18.1 Å². The van der Waals surface area contributed by atoms with Crippen LogP contribution in [0.4, 0.5) is 0 Å². The van der Waals surface area contributed by atoms with Gasteiger partial charge >= 0.3 is 0 Å². The van der Waals surface area contributed by atoms with Gasteiger partial charge in [0, 0.05) is 14.7 Å². The highest BCUT2D eigenvalue weighted by molar-refractivity contribution is 14.1. The zero-order chi connectivity index (χ0) is 24.1. The first kappa shape index (κ1) is 29.0. The smallest absolute Gasteiger partial charge is 0.264 e. The first-order chi connectivity index (χ1) is 13.9. The van der Waals surface area contributed by atoms with Crippen molar-refractivity contribution in [1.29, 1.82) is 0 Å². The summed E-state index contributed by atoms with van der Waals surface area (Å²) >= 11 is 2.10. The summed E-state index contributed by atoms with van der Waals surface area (Å²) in [6.45, 7) is 19.4. The minimum Gasteiger partial charge on any atom is -0.449 e. The zero-order valence-corrected chi connectivity index (χ0v) is 25.3. The fraction of sp³-hybridized carbons (Fsp3) is 0.842. The van der Waals surface area contributed by atoms with Crippen molar-refractivity contribution < 1.29 is 26.5 Å². The fourth-order valence-corrected chi connectivity index (χ4v) is 4.98. The summed E-state index contributed by atoms with van der Waals surface area (Å²) in [5, 5.41) is 4.62. The second-order valence-corrected chi connectivity index (χ2v) is 23.5. The molecule has 0 saturated heterocycles. The number of nitrogens with zero attached hydrogens (tertiary/aromatic N) is 2. The van der Waals surface area contributed by atoms with Gasteiger partial charge in [-0.3, -0.25) is 8.86 Å². The van der Waals surface area contributed by atoms with Crippen molar-refractivity contribution in [2.24, 2.45) is 0 Å². The molecule has 0 unspecified atom stereocenters. The average Bonchev–Trinajstić information content (AvgIpc) is 2.85. The largest absolute Gasteiger partial charge is 0.449 e. The molecule has 0 aliphatic carbocycles. The number of ether oxygens (including phenoxy) is 2. The van der Waals surface area contributed by atoms with Crippen LogP contribution in [0.25, 0.3) is 0 Å². The van der Waals surface area contributed by atoms with Gasteiger partial charge in [0.05, 0.1) is 25.1 Å². The van der Waals surface area contributed by atoms with E-state index in [1.54, 1.807) is 4.68 Å². The lowest BCUT2D eigenvalue weighted by Gasteiger charge is -2.36. The molecule has 1 rings (SSSR count). The maximum absolute atomic E-state index is 11.5. The molecule has 1 aromatic rings. The van der Waals surface area contributed by atoms with Gasteiger partial charge in [-0.2, -0.15) is 8.42 Å².